The van der Waals surface area contributed by atoms with Crippen LogP contribution in [-0.4, -0.2) is 6.54 Å². The number of rotatable bonds is 5. The number of benzene rings is 1. The molecule has 0 aliphatic heterocycles. The molecule has 1 nitrogen and oxygen atoms in total. The average Bonchev–Trinajstić information content (AvgIpc) is 2.44. The number of aryl methyl sites for hydroxylation is 1. The molecule has 0 saturated heterocycles. The van der Waals surface area contributed by atoms with Gasteiger partial charge in [-0.3, -0.25) is 0 Å². The van der Waals surface area contributed by atoms with Gasteiger partial charge < -0.3 is 5.32 Å². The first-order valence-electron chi connectivity index (χ1n) is 8.72. The van der Waals surface area contributed by atoms with E-state index in [1.165, 1.54) is 61.6 Å². The standard InChI is InChI=1S/C20H31N/c1-4-15-21-20(18-12-8-6-5-7-9-13-18)19-14-10-11-16(2)17(19)3/h10-12,14,20-21H,4-9,13,15H2,1-3H3/b18-12+. The van der Waals surface area contributed by atoms with Crippen LogP contribution in [0.25, 0.3) is 0 Å². The first kappa shape index (κ1) is 16.3. The molecule has 1 N–H and O–H groups in total. The van der Waals surface area contributed by atoms with Crippen molar-refractivity contribution in [2.24, 2.45) is 0 Å². The van der Waals surface area contributed by atoms with Crippen molar-refractivity contribution in [1.82, 2.24) is 5.32 Å². The third-order valence-corrected chi connectivity index (χ3v) is 4.75. The minimum absolute atomic E-state index is 0.419. The van der Waals surface area contributed by atoms with E-state index in [1.54, 1.807) is 5.57 Å². The second-order valence-corrected chi connectivity index (χ2v) is 6.41. The first-order valence-corrected chi connectivity index (χ1v) is 8.72. The van der Waals surface area contributed by atoms with Gasteiger partial charge in [-0.15, -0.1) is 0 Å². The summed E-state index contributed by atoms with van der Waals surface area (Å²) in [4.78, 5) is 0. The van der Waals surface area contributed by atoms with Gasteiger partial charge in [0.2, 0.25) is 0 Å². The number of hydrogen-bond acceptors (Lipinski definition) is 1. The van der Waals surface area contributed by atoms with Crippen LogP contribution in [0.1, 0.15) is 74.6 Å². The van der Waals surface area contributed by atoms with Crippen LogP contribution < -0.4 is 5.32 Å². The molecule has 0 bridgehead atoms. The van der Waals surface area contributed by atoms with Gasteiger partial charge >= 0.3 is 0 Å². The third kappa shape index (κ3) is 4.44. The van der Waals surface area contributed by atoms with E-state index in [-0.39, 0.29) is 0 Å². The molecule has 0 radical (unpaired) electrons. The smallest absolute Gasteiger partial charge is 0.0538 e. The van der Waals surface area contributed by atoms with Gasteiger partial charge in [-0.2, -0.15) is 0 Å². The van der Waals surface area contributed by atoms with Gasteiger partial charge in [0.05, 0.1) is 6.04 Å². The summed E-state index contributed by atoms with van der Waals surface area (Å²) >= 11 is 0. The Morgan fingerprint density at radius 2 is 1.90 bits per heavy atom. The van der Waals surface area contributed by atoms with Crippen LogP contribution in [0, 0.1) is 13.8 Å². The van der Waals surface area contributed by atoms with Crippen molar-refractivity contribution < 1.29 is 0 Å². The molecule has 2 rings (SSSR count). The van der Waals surface area contributed by atoms with E-state index in [1.807, 2.05) is 0 Å². The molecule has 0 aromatic heterocycles. The Hall–Kier alpha value is -1.08. The van der Waals surface area contributed by atoms with Crippen molar-refractivity contribution in [3.8, 4) is 0 Å². The van der Waals surface area contributed by atoms with Crippen LogP contribution in [0.15, 0.2) is 29.8 Å². The number of hydrogen-bond donors (Lipinski definition) is 1. The Labute approximate surface area is 130 Å². The van der Waals surface area contributed by atoms with E-state index in [9.17, 15) is 0 Å². The minimum atomic E-state index is 0.419. The molecule has 1 atom stereocenters. The second-order valence-electron chi connectivity index (χ2n) is 6.41. The van der Waals surface area contributed by atoms with Gasteiger partial charge in [0.1, 0.15) is 0 Å². The van der Waals surface area contributed by atoms with Crippen LogP contribution >= 0.6 is 0 Å². The molecule has 1 unspecified atom stereocenters. The zero-order valence-electron chi connectivity index (χ0n) is 14.0. The van der Waals surface area contributed by atoms with Crippen LogP contribution in [-0.2, 0) is 0 Å². The fourth-order valence-corrected chi connectivity index (χ4v) is 3.29. The van der Waals surface area contributed by atoms with E-state index in [0.717, 1.165) is 6.54 Å². The summed E-state index contributed by atoms with van der Waals surface area (Å²) in [5.74, 6) is 0. The van der Waals surface area contributed by atoms with Crippen molar-refractivity contribution in [3.63, 3.8) is 0 Å². The molecule has 0 spiro atoms. The van der Waals surface area contributed by atoms with Gasteiger partial charge in [-0.1, -0.05) is 49.6 Å². The lowest BCUT2D eigenvalue weighted by molar-refractivity contribution is 0.539. The topological polar surface area (TPSA) is 12.0 Å². The van der Waals surface area contributed by atoms with Crippen molar-refractivity contribution in [3.05, 3.63) is 46.5 Å². The predicted molar refractivity (Wildman–Crippen MR) is 92.7 cm³/mol. The zero-order valence-corrected chi connectivity index (χ0v) is 14.0. The lowest BCUT2D eigenvalue weighted by Crippen LogP contribution is -2.25. The van der Waals surface area contributed by atoms with Crippen LogP contribution in [0.4, 0.5) is 0 Å². The molecular formula is C20H31N. The van der Waals surface area contributed by atoms with Gasteiger partial charge in [-0.25, -0.2) is 0 Å². The lowest BCUT2D eigenvalue weighted by Gasteiger charge is -2.26. The summed E-state index contributed by atoms with van der Waals surface area (Å²) in [6.07, 6.45) is 11.7. The molecule has 1 aliphatic rings. The molecule has 1 heteroatoms. The van der Waals surface area contributed by atoms with Crippen molar-refractivity contribution in [2.75, 3.05) is 6.54 Å². The molecule has 0 fully saturated rings. The Morgan fingerprint density at radius 1 is 1.10 bits per heavy atom. The van der Waals surface area contributed by atoms with Crippen LogP contribution in [0.3, 0.4) is 0 Å². The molecule has 0 heterocycles. The fourth-order valence-electron chi connectivity index (χ4n) is 3.29. The van der Waals surface area contributed by atoms with E-state index in [0.29, 0.717) is 6.04 Å². The van der Waals surface area contributed by atoms with Crippen molar-refractivity contribution in [2.45, 2.75) is 71.8 Å². The Bertz CT molecular complexity index is 473. The van der Waals surface area contributed by atoms with E-state index in [4.69, 9.17) is 0 Å². The molecule has 0 amide bonds. The molecule has 1 aromatic carbocycles. The molecule has 21 heavy (non-hydrogen) atoms. The maximum atomic E-state index is 3.80. The number of nitrogens with one attached hydrogen (secondary N) is 1. The number of allylic oxidation sites excluding steroid dienone is 1. The molecule has 1 aromatic rings. The summed E-state index contributed by atoms with van der Waals surface area (Å²) in [6.45, 7) is 7.84. The maximum Gasteiger partial charge on any atom is 0.0538 e. The average molecular weight is 285 g/mol. The quantitative estimate of drug-likeness (QED) is 0.692. The minimum Gasteiger partial charge on any atom is -0.307 e. The van der Waals surface area contributed by atoms with Gasteiger partial charge in [-0.05, 0) is 69.2 Å². The highest BCUT2D eigenvalue weighted by Crippen LogP contribution is 2.31. The Kier molecular flexibility index (Phi) is 6.50. The van der Waals surface area contributed by atoms with Gasteiger partial charge in [0.25, 0.3) is 0 Å². The Balaban J connectivity index is 2.30. The highest BCUT2D eigenvalue weighted by Gasteiger charge is 2.18. The first-order chi connectivity index (χ1) is 10.2. The predicted octanol–water partition coefficient (Wildman–Crippen LogP) is 5.62. The normalized spacial score (nSPS) is 20.2. The SMILES string of the molecule is CCCNC(/C1=C/CCCCCC1)c1cccc(C)c1C. The largest absolute Gasteiger partial charge is 0.307 e. The molecule has 0 saturated carbocycles. The maximum absolute atomic E-state index is 3.80. The van der Waals surface area contributed by atoms with E-state index < -0.39 is 0 Å². The van der Waals surface area contributed by atoms with Gasteiger partial charge in [0.15, 0.2) is 0 Å². The van der Waals surface area contributed by atoms with Crippen molar-refractivity contribution in [1.29, 1.82) is 0 Å². The van der Waals surface area contributed by atoms with Crippen molar-refractivity contribution >= 4 is 0 Å². The summed E-state index contributed by atoms with van der Waals surface area (Å²) in [6, 6.07) is 7.17. The fraction of sp³-hybridized carbons (Fsp3) is 0.600. The molecular weight excluding hydrogens is 254 g/mol. The summed E-state index contributed by atoms with van der Waals surface area (Å²) < 4.78 is 0. The van der Waals surface area contributed by atoms with E-state index in [2.05, 4.69) is 50.4 Å². The zero-order chi connectivity index (χ0) is 15.1. The lowest BCUT2D eigenvalue weighted by atomic mass is 9.88. The highest BCUT2D eigenvalue weighted by molar-refractivity contribution is 5.39. The molecule has 116 valence electrons. The summed E-state index contributed by atoms with van der Waals surface area (Å²) in [5, 5.41) is 3.80. The summed E-state index contributed by atoms with van der Waals surface area (Å²) in [5.41, 5.74) is 5.96. The third-order valence-electron chi connectivity index (χ3n) is 4.75. The Morgan fingerprint density at radius 3 is 2.71 bits per heavy atom. The van der Waals surface area contributed by atoms with Gasteiger partial charge in [0, 0.05) is 0 Å². The van der Waals surface area contributed by atoms with Crippen LogP contribution in [0.5, 0.6) is 0 Å². The van der Waals surface area contributed by atoms with Crippen LogP contribution in [0.2, 0.25) is 0 Å². The molecule has 1 aliphatic carbocycles. The monoisotopic (exact) mass is 285 g/mol. The second kappa shape index (κ2) is 8.38. The summed E-state index contributed by atoms with van der Waals surface area (Å²) in [7, 11) is 0. The van der Waals surface area contributed by atoms with E-state index >= 15 is 0 Å². The highest BCUT2D eigenvalue weighted by atomic mass is 14.9.